The monoisotopic (exact) mass is 277 g/mol. The van der Waals surface area contributed by atoms with Crippen LogP contribution in [0.3, 0.4) is 0 Å². The molecular formula is C14H16FN3O2. The summed E-state index contributed by atoms with van der Waals surface area (Å²) in [7, 11) is 1.81. The molecule has 2 N–H and O–H groups in total. The highest BCUT2D eigenvalue weighted by molar-refractivity contribution is 5.96. The summed E-state index contributed by atoms with van der Waals surface area (Å²) in [6.45, 7) is 2.26. The highest BCUT2D eigenvalue weighted by Gasteiger charge is 2.13. The first kappa shape index (κ1) is 14.0. The number of halogens is 1. The van der Waals surface area contributed by atoms with E-state index in [4.69, 9.17) is 0 Å². The molecule has 1 aromatic carbocycles. The Labute approximate surface area is 116 Å². The van der Waals surface area contributed by atoms with Gasteiger partial charge in [0, 0.05) is 25.4 Å². The van der Waals surface area contributed by atoms with Gasteiger partial charge in [-0.3, -0.25) is 9.48 Å². The van der Waals surface area contributed by atoms with Gasteiger partial charge in [0.1, 0.15) is 11.6 Å². The number of benzene rings is 1. The number of phenolic OH excluding ortho intramolecular Hbond substituents is 1. The van der Waals surface area contributed by atoms with Gasteiger partial charge in [-0.15, -0.1) is 0 Å². The number of hydrogen-bond acceptors (Lipinski definition) is 3. The third-order valence-corrected chi connectivity index (χ3v) is 2.97. The highest BCUT2D eigenvalue weighted by atomic mass is 19.1. The van der Waals surface area contributed by atoms with Gasteiger partial charge in [0.25, 0.3) is 5.91 Å². The zero-order valence-electron chi connectivity index (χ0n) is 11.4. The molecule has 0 saturated heterocycles. The minimum Gasteiger partial charge on any atom is -0.507 e. The Balaban J connectivity index is 2.10. The van der Waals surface area contributed by atoms with Gasteiger partial charge in [-0.2, -0.15) is 5.10 Å². The molecule has 0 aliphatic carbocycles. The van der Waals surface area contributed by atoms with Crippen LogP contribution in [0.4, 0.5) is 4.39 Å². The van der Waals surface area contributed by atoms with Crippen LogP contribution in [0.2, 0.25) is 0 Å². The van der Waals surface area contributed by atoms with Gasteiger partial charge in [-0.25, -0.2) is 4.39 Å². The number of rotatable bonds is 4. The maximum absolute atomic E-state index is 13.1. The Bertz CT molecular complexity index is 637. The normalized spacial score (nSPS) is 10.6. The fraction of sp³-hybridized carbons (Fsp3) is 0.286. The molecule has 0 saturated carbocycles. The van der Waals surface area contributed by atoms with E-state index in [0.29, 0.717) is 0 Å². The predicted octanol–water partition coefficient (Wildman–Crippen LogP) is 1.76. The van der Waals surface area contributed by atoms with Crippen LogP contribution in [0.25, 0.3) is 0 Å². The van der Waals surface area contributed by atoms with Crippen molar-refractivity contribution in [3.63, 3.8) is 0 Å². The van der Waals surface area contributed by atoms with Gasteiger partial charge in [-0.1, -0.05) is 6.92 Å². The molecule has 1 heterocycles. The molecule has 0 unspecified atom stereocenters. The molecular weight excluding hydrogens is 261 g/mol. The lowest BCUT2D eigenvalue weighted by molar-refractivity contribution is 0.0947. The summed E-state index contributed by atoms with van der Waals surface area (Å²) >= 11 is 0. The number of aromatic nitrogens is 2. The Morgan fingerprint density at radius 2 is 2.25 bits per heavy atom. The SMILES string of the molecule is CCc1nn(C)cc1CNC(=O)c1cc(F)ccc1O. The quantitative estimate of drug-likeness (QED) is 0.894. The average molecular weight is 277 g/mol. The topological polar surface area (TPSA) is 67.2 Å². The molecule has 2 aromatic rings. The number of nitrogens with zero attached hydrogens (tertiary/aromatic N) is 2. The number of phenols is 1. The van der Waals surface area contributed by atoms with Crippen LogP contribution >= 0.6 is 0 Å². The van der Waals surface area contributed by atoms with Crippen LogP contribution in [0.15, 0.2) is 24.4 Å². The fourth-order valence-corrected chi connectivity index (χ4v) is 1.99. The number of nitrogens with one attached hydrogen (secondary N) is 1. The lowest BCUT2D eigenvalue weighted by atomic mass is 10.1. The summed E-state index contributed by atoms with van der Waals surface area (Å²) in [6.07, 6.45) is 2.59. The van der Waals surface area contributed by atoms with E-state index < -0.39 is 11.7 Å². The number of aryl methyl sites for hydroxylation is 2. The fourth-order valence-electron chi connectivity index (χ4n) is 1.99. The second-order valence-electron chi connectivity index (χ2n) is 4.47. The number of hydrogen-bond donors (Lipinski definition) is 2. The van der Waals surface area contributed by atoms with Gasteiger partial charge < -0.3 is 10.4 Å². The highest BCUT2D eigenvalue weighted by Crippen LogP contribution is 2.18. The van der Waals surface area contributed by atoms with E-state index in [1.54, 1.807) is 4.68 Å². The van der Waals surface area contributed by atoms with Crippen molar-refractivity contribution in [3.05, 3.63) is 47.0 Å². The van der Waals surface area contributed by atoms with E-state index in [2.05, 4.69) is 10.4 Å². The molecule has 0 fully saturated rings. The van der Waals surface area contributed by atoms with Gasteiger partial charge in [0.15, 0.2) is 0 Å². The first-order valence-electron chi connectivity index (χ1n) is 6.29. The lowest BCUT2D eigenvalue weighted by Crippen LogP contribution is -2.23. The molecule has 1 aromatic heterocycles. The Morgan fingerprint density at radius 1 is 1.50 bits per heavy atom. The molecule has 6 heteroatoms. The van der Waals surface area contributed by atoms with E-state index in [-0.39, 0.29) is 17.9 Å². The smallest absolute Gasteiger partial charge is 0.255 e. The first-order valence-corrected chi connectivity index (χ1v) is 6.29. The van der Waals surface area contributed by atoms with Crippen molar-refractivity contribution >= 4 is 5.91 Å². The largest absolute Gasteiger partial charge is 0.507 e. The zero-order valence-corrected chi connectivity index (χ0v) is 11.4. The van der Waals surface area contributed by atoms with Crippen LogP contribution in [0, 0.1) is 5.82 Å². The summed E-state index contributed by atoms with van der Waals surface area (Å²) in [5, 5.41) is 16.5. The van der Waals surface area contributed by atoms with Crippen LogP contribution in [-0.2, 0) is 20.0 Å². The van der Waals surface area contributed by atoms with Gasteiger partial charge in [0.2, 0.25) is 0 Å². The van der Waals surface area contributed by atoms with Crippen molar-refractivity contribution in [2.24, 2.45) is 7.05 Å². The van der Waals surface area contributed by atoms with E-state index in [1.807, 2.05) is 20.2 Å². The second-order valence-corrected chi connectivity index (χ2v) is 4.47. The van der Waals surface area contributed by atoms with E-state index in [9.17, 15) is 14.3 Å². The summed E-state index contributed by atoms with van der Waals surface area (Å²) in [6, 6.07) is 3.27. The van der Waals surface area contributed by atoms with Crippen molar-refractivity contribution in [3.8, 4) is 5.75 Å². The molecule has 0 aliphatic heterocycles. The molecule has 106 valence electrons. The maximum atomic E-state index is 13.1. The van der Waals surface area contributed by atoms with Crippen molar-refractivity contribution < 1.29 is 14.3 Å². The van der Waals surface area contributed by atoms with Crippen molar-refractivity contribution in [1.82, 2.24) is 15.1 Å². The molecule has 0 aliphatic rings. The molecule has 0 atom stereocenters. The third kappa shape index (κ3) is 2.96. The summed E-state index contributed by atoms with van der Waals surface area (Å²) < 4.78 is 14.8. The third-order valence-electron chi connectivity index (χ3n) is 2.97. The van der Waals surface area contributed by atoms with E-state index >= 15 is 0 Å². The standard InChI is InChI=1S/C14H16FN3O2/c1-3-12-9(8-18(2)17-12)7-16-14(20)11-6-10(15)4-5-13(11)19/h4-6,8,19H,3,7H2,1-2H3,(H,16,20). The van der Waals surface area contributed by atoms with Gasteiger partial charge in [0.05, 0.1) is 11.3 Å². The number of carbonyl (C=O) groups is 1. The summed E-state index contributed by atoms with van der Waals surface area (Å²) in [5.74, 6) is -1.33. The van der Waals surface area contributed by atoms with E-state index in [0.717, 1.165) is 35.9 Å². The number of amides is 1. The van der Waals surface area contributed by atoms with Crippen LogP contribution in [0.1, 0.15) is 28.5 Å². The maximum Gasteiger partial charge on any atom is 0.255 e. The van der Waals surface area contributed by atoms with Crippen LogP contribution < -0.4 is 5.32 Å². The Hall–Kier alpha value is -2.37. The minimum absolute atomic E-state index is 0.0769. The molecule has 2 rings (SSSR count). The van der Waals surface area contributed by atoms with Gasteiger partial charge in [-0.05, 0) is 24.6 Å². The van der Waals surface area contributed by atoms with Crippen molar-refractivity contribution in [2.75, 3.05) is 0 Å². The first-order chi connectivity index (χ1) is 9.51. The lowest BCUT2D eigenvalue weighted by Gasteiger charge is -2.06. The van der Waals surface area contributed by atoms with Crippen LogP contribution in [0.5, 0.6) is 5.75 Å². The predicted molar refractivity (Wildman–Crippen MR) is 71.8 cm³/mol. The number of carbonyl (C=O) groups excluding carboxylic acids is 1. The molecule has 20 heavy (non-hydrogen) atoms. The molecule has 0 bridgehead atoms. The van der Waals surface area contributed by atoms with Crippen LogP contribution in [-0.4, -0.2) is 20.8 Å². The molecule has 1 amide bonds. The summed E-state index contributed by atoms with van der Waals surface area (Å²) in [4.78, 5) is 11.9. The molecule has 0 spiro atoms. The van der Waals surface area contributed by atoms with E-state index in [1.165, 1.54) is 0 Å². The van der Waals surface area contributed by atoms with Crippen molar-refractivity contribution in [1.29, 1.82) is 0 Å². The minimum atomic E-state index is -0.566. The molecule has 5 nitrogen and oxygen atoms in total. The molecule has 0 radical (unpaired) electrons. The summed E-state index contributed by atoms with van der Waals surface area (Å²) in [5.41, 5.74) is 1.72. The Kier molecular flexibility index (Phi) is 4.02. The average Bonchev–Trinajstić information content (AvgIpc) is 2.79. The zero-order chi connectivity index (χ0) is 14.7. The number of aromatic hydroxyl groups is 1. The Morgan fingerprint density at radius 3 is 2.95 bits per heavy atom. The van der Waals surface area contributed by atoms with Crippen molar-refractivity contribution in [2.45, 2.75) is 19.9 Å². The van der Waals surface area contributed by atoms with Gasteiger partial charge >= 0.3 is 0 Å². The second kappa shape index (κ2) is 5.73.